The van der Waals surface area contributed by atoms with Crippen molar-refractivity contribution in [3.8, 4) is 0 Å². The first kappa shape index (κ1) is 19.7. The Balaban J connectivity index is 1.41. The SMILES string of the molecule is Cc1cccc(N2CCN(C(=O)[C@H](C)N3C(=O)[C@H]4CC=CC[C@H]4C3=O)CC2)c1C. The van der Waals surface area contributed by atoms with Crippen LogP contribution in [0.25, 0.3) is 0 Å². The fourth-order valence-corrected chi connectivity index (χ4v) is 4.83. The normalized spacial score (nSPS) is 25.4. The Kier molecular flexibility index (Phi) is 5.19. The number of amides is 3. The number of fused-ring (bicyclic) bond motifs is 1. The topological polar surface area (TPSA) is 60.9 Å². The van der Waals surface area contributed by atoms with E-state index in [1.54, 1.807) is 11.8 Å². The average Bonchev–Trinajstić information content (AvgIpc) is 3.00. The Morgan fingerprint density at radius 2 is 1.55 bits per heavy atom. The highest BCUT2D eigenvalue weighted by Crippen LogP contribution is 2.36. The van der Waals surface area contributed by atoms with Crippen molar-refractivity contribution < 1.29 is 14.4 Å². The predicted molar refractivity (Wildman–Crippen MR) is 111 cm³/mol. The zero-order valence-electron chi connectivity index (χ0n) is 17.4. The molecular weight excluding hydrogens is 366 g/mol. The number of piperazine rings is 1. The molecule has 29 heavy (non-hydrogen) atoms. The largest absolute Gasteiger partial charge is 0.368 e. The van der Waals surface area contributed by atoms with Crippen LogP contribution < -0.4 is 4.90 Å². The molecule has 2 saturated heterocycles. The highest BCUT2D eigenvalue weighted by molar-refractivity contribution is 6.08. The maximum absolute atomic E-state index is 13.1. The second-order valence-electron chi connectivity index (χ2n) is 8.41. The Morgan fingerprint density at radius 1 is 0.966 bits per heavy atom. The number of benzene rings is 1. The number of carbonyl (C=O) groups is 3. The van der Waals surface area contributed by atoms with Gasteiger partial charge in [-0.05, 0) is 50.8 Å². The molecule has 1 aliphatic carbocycles. The van der Waals surface area contributed by atoms with E-state index >= 15 is 0 Å². The second kappa shape index (κ2) is 7.65. The minimum atomic E-state index is -0.729. The average molecular weight is 396 g/mol. The minimum Gasteiger partial charge on any atom is -0.368 e. The zero-order valence-corrected chi connectivity index (χ0v) is 17.4. The van der Waals surface area contributed by atoms with Gasteiger partial charge in [0, 0.05) is 31.9 Å². The summed E-state index contributed by atoms with van der Waals surface area (Å²) in [5.41, 5.74) is 3.74. The molecule has 1 aromatic rings. The van der Waals surface area contributed by atoms with E-state index in [4.69, 9.17) is 0 Å². The van der Waals surface area contributed by atoms with Gasteiger partial charge < -0.3 is 9.80 Å². The molecule has 0 bridgehead atoms. The van der Waals surface area contributed by atoms with E-state index in [0.29, 0.717) is 25.9 Å². The number of hydrogen-bond donors (Lipinski definition) is 0. The van der Waals surface area contributed by atoms with Crippen LogP contribution in [0.1, 0.15) is 30.9 Å². The van der Waals surface area contributed by atoms with Crippen LogP contribution in [-0.4, -0.2) is 59.7 Å². The zero-order chi connectivity index (χ0) is 20.7. The monoisotopic (exact) mass is 395 g/mol. The third-order valence-corrected chi connectivity index (χ3v) is 6.79. The lowest BCUT2D eigenvalue weighted by molar-refractivity contribution is -0.151. The molecule has 0 N–H and O–H groups in total. The summed E-state index contributed by atoms with van der Waals surface area (Å²) in [5, 5.41) is 0. The number of likely N-dealkylation sites (tertiary alicyclic amines) is 1. The summed E-state index contributed by atoms with van der Waals surface area (Å²) >= 11 is 0. The van der Waals surface area contributed by atoms with Gasteiger partial charge in [0.15, 0.2) is 0 Å². The molecule has 3 atom stereocenters. The molecule has 6 heteroatoms. The first-order chi connectivity index (χ1) is 13.9. The fourth-order valence-electron chi connectivity index (χ4n) is 4.83. The molecule has 3 amide bonds. The number of imide groups is 1. The van der Waals surface area contributed by atoms with Gasteiger partial charge in [0.2, 0.25) is 17.7 Å². The van der Waals surface area contributed by atoms with Gasteiger partial charge >= 0.3 is 0 Å². The van der Waals surface area contributed by atoms with Crippen LogP contribution in [0.3, 0.4) is 0 Å². The summed E-state index contributed by atoms with van der Waals surface area (Å²) in [6, 6.07) is 5.57. The Bertz CT molecular complexity index is 844. The molecule has 154 valence electrons. The summed E-state index contributed by atoms with van der Waals surface area (Å²) in [6.45, 7) is 8.63. The van der Waals surface area contributed by atoms with Crippen molar-refractivity contribution in [2.24, 2.45) is 11.8 Å². The lowest BCUT2D eigenvalue weighted by Gasteiger charge is -2.38. The minimum absolute atomic E-state index is 0.126. The number of hydrogen-bond acceptors (Lipinski definition) is 4. The van der Waals surface area contributed by atoms with E-state index < -0.39 is 6.04 Å². The summed E-state index contributed by atoms with van der Waals surface area (Å²) in [5.74, 6) is -1.06. The maximum Gasteiger partial charge on any atom is 0.245 e. The molecule has 4 rings (SSSR count). The molecule has 0 radical (unpaired) electrons. The van der Waals surface area contributed by atoms with Crippen LogP contribution in [0.2, 0.25) is 0 Å². The van der Waals surface area contributed by atoms with Crippen molar-refractivity contribution >= 4 is 23.4 Å². The second-order valence-corrected chi connectivity index (χ2v) is 8.41. The number of carbonyl (C=O) groups excluding carboxylic acids is 3. The molecular formula is C23H29N3O3. The van der Waals surface area contributed by atoms with Crippen molar-refractivity contribution in [1.29, 1.82) is 0 Å². The number of anilines is 1. The predicted octanol–water partition coefficient (Wildman–Crippen LogP) is 2.29. The van der Waals surface area contributed by atoms with Crippen LogP contribution in [0, 0.1) is 25.7 Å². The standard InChI is InChI=1S/C23H29N3O3/c1-15-7-6-10-20(16(15)2)24-11-13-25(14-12-24)21(27)17(3)26-22(28)18-8-4-5-9-19(18)23(26)29/h4-7,10,17-19H,8-9,11-14H2,1-3H3/t17-,18-,19+/m0/s1. The van der Waals surface area contributed by atoms with Gasteiger partial charge in [0.1, 0.15) is 6.04 Å². The van der Waals surface area contributed by atoms with Crippen molar-refractivity contribution in [1.82, 2.24) is 9.80 Å². The molecule has 6 nitrogen and oxygen atoms in total. The van der Waals surface area contributed by atoms with Gasteiger partial charge in [-0.1, -0.05) is 24.3 Å². The van der Waals surface area contributed by atoms with E-state index in [-0.39, 0.29) is 29.6 Å². The Morgan fingerprint density at radius 3 is 2.14 bits per heavy atom. The van der Waals surface area contributed by atoms with Crippen LogP contribution in [0.4, 0.5) is 5.69 Å². The van der Waals surface area contributed by atoms with Crippen LogP contribution in [0.15, 0.2) is 30.4 Å². The first-order valence-electron chi connectivity index (χ1n) is 10.5. The molecule has 2 fully saturated rings. The molecule has 2 heterocycles. The third kappa shape index (κ3) is 3.34. The highest BCUT2D eigenvalue weighted by Gasteiger charge is 2.50. The molecule has 3 aliphatic rings. The third-order valence-electron chi connectivity index (χ3n) is 6.79. The van der Waals surface area contributed by atoms with E-state index in [1.165, 1.54) is 21.7 Å². The summed E-state index contributed by atoms with van der Waals surface area (Å²) in [6.07, 6.45) is 5.13. The van der Waals surface area contributed by atoms with Crippen LogP contribution in [-0.2, 0) is 14.4 Å². The smallest absolute Gasteiger partial charge is 0.245 e. The highest BCUT2D eigenvalue weighted by atomic mass is 16.2. The van der Waals surface area contributed by atoms with E-state index in [1.807, 2.05) is 12.2 Å². The van der Waals surface area contributed by atoms with Gasteiger partial charge in [0.05, 0.1) is 11.8 Å². The number of aryl methyl sites for hydroxylation is 1. The van der Waals surface area contributed by atoms with Gasteiger partial charge in [-0.15, -0.1) is 0 Å². The van der Waals surface area contributed by atoms with E-state index in [9.17, 15) is 14.4 Å². The van der Waals surface area contributed by atoms with Crippen molar-refractivity contribution in [3.63, 3.8) is 0 Å². The van der Waals surface area contributed by atoms with E-state index in [2.05, 4.69) is 36.9 Å². The summed E-state index contributed by atoms with van der Waals surface area (Å²) in [7, 11) is 0. The Hall–Kier alpha value is -2.63. The van der Waals surface area contributed by atoms with Gasteiger partial charge in [-0.2, -0.15) is 0 Å². The number of rotatable bonds is 3. The van der Waals surface area contributed by atoms with Gasteiger partial charge in [0.25, 0.3) is 0 Å². The molecule has 1 aromatic carbocycles. The number of nitrogens with zero attached hydrogens (tertiary/aromatic N) is 3. The lowest BCUT2D eigenvalue weighted by Crippen LogP contribution is -2.55. The summed E-state index contributed by atoms with van der Waals surface area (Å²) < 4.78 is 0. The van der Waals surface area contributed by atoms with Crippen molar-refractivity contribution in [2.75, 3.05) is 31.1 Å². The maximum atomic E-state index is 13.1. The van der Waals surface area contributed by atoms with Crippen molar-refractivity contribution in [2.45, 2.75) is 39.7 Å². The molecule has 0 unspecified atom stereocenters. The van der Waals surface area contributed by atoms with Crippen LogP contribution >= 0.6 is 0 Å². The number of allylic oxidation sites excluding steroid dienone is 2. The van der Waals surface area contributed by atoms with Gasteiger partial charge in [-0.3, -0.25) is 19.3 Å². The van der Waals surface area contributed by atoms with E-state index in [0.717, 1.165) is 13.1 Å². The molecule has 2 aliphatic heterocycles. The summed E-state index contributed by atoms with van der Waals surface area (Å²) in [4.78, 5) is 44.0. The fraction of sp³-hybridized carbons (Fsp3) is 0.522. The lowest BCUT2D eigenvalue weighted by atomic mass is 9.85. The molecule has 0 saturated carbocycles. The first-order valence-corrected chi connectivity index (χ1v) is 10.5. The molecule has 0 aromatic heterocycles. The quantitative estimate of drug-likeness (QED) is 0.582. The Labute approximate surface area is 172 Å². The molecule has 0 spiro atoms. The van der Waals surface area contributed by atoms with Gasteiger partial charge in [-0.25, -0.2) is 0 Å². The van der Waals surface area contributed by atoms with Crippen LogP contribution in [0.5, 0.6) is 0 Å². The van der Waals surface area contributed by atoms with Crippen molar-refractivity contribution in [3.05, 3.63) is 41.5 Å².